The number of hydrogen-bond donors (Lipinski definition) is 0. The van der Waals surface area contributed by atoms with E-state index >= 15 is 0 Å². The zero-order chi connectivity index (χ0) is 14.8. The van der Waals surface area contributed by atoms with Gasteiger partial charge in [0.15, 0.2) is 5.78 Å². The van der Waals surface area contributed by atoms with Gasteiger partial charge in [0.25, 0.3) is 0 Å². The molecule has 1 aromatic rings. The van der Waals surface area contributed by atoms with Gasteiger partial charge in [-0.1, -0.05) is 19.1 Å². The van der Waals surface area contributed by atoms with Gasteiger partial charge in [0.2, 0.25) is 0 Å². The van der Waals surface area contributed by atoms with Gasteiger partial charge >= 0.3 is 0 Å². The Morgan fingerprint density at radius 3 is 2.80 bits per heavy atom. The van der Waals surface area contributed by atoms with Crippen LogP contribution in [-0.4, -0.2) is 36.9 Å². The summed E-state index contributed by atoms with van der Waals surface area (Å²) in [4.78, 5) is 14.5. The molecule has 0 aliphatic carbocycles. The van der Waals surface area contributed by atoms with Crippen LogP contribution in [0.4, 0.5) is 0 Å². The van der Waals surface area contributed by atoms with E-state index in [0.29, 0.717) is 12.2 Å². The largest absolute Gasteiger partial charge is 0.493 e. The van der Waals surface area contributed by atoms with Crippen molar-refractivity contribution in [1.82, 2.24) is 4.90 Å². The number of ether oxygens (including phenoxy) is 1. The minimum absolute atomic E-state index is 0.321. The molecule has 1 atom stereocenters. The molecule has 0 bridgehead atoms. The van der Waals surface area contributed by atoms with Crippen molar-refractivity contribution in [2.75, 3.05) is 20.7 Å². The van der Waals surface area contributed by atoms with Crippen molar-refractivity contribution in [3.8, 4) is 5.75 Å². The number of Topliss-reactive ketones (excluding diaryl/α,β-unsaturated/α-hetero) is 1. The topological polar surface area (TPSA) is 29.5 Å². The molecule has 0 aromatic heterocycles. The summed E-state index contributed by atoms with van der Waals surface area (Å²) in [7, 11) is 3.96. The molecule has 1 aliphatic heterocycles. The molecular formula is C17H25NO2. The Morgan fingerprint density at radius 2 is 2.15 bits per heavy atom. The molecule has 1 heterocycles. The number of carbonyl (C=O) groups excluding carboxylic acids is 1. The second kappa shape index (κ2) is 5.96. The lowest BCUT2D eigenvalue weighted by molar-refractivity contribution is -0.129. The van der Waals surface area contributed by atoms with Crippen LogP contribution in [0.3, 0.4) is 0 Å². The molecule has 0 amide bonds. The molecule has 1 aromatic carbocycles. The van der Waals surface area contributed by atoms with Crippen molar-refractivity contribution in [2.24, 2.45) is 0 Å². The van der Waals surface area contributed by atoms with Crippen LogP contribution in [0, 0.1) is 0 Å². The highest BCUT2D eigenvalue weighted by molar-refractivity contribution is 5.88. The molecule has 2 rings (SSSR count). The third kappa shape index (κ3) is 2.88. The van der Waals surface area contributed by atoms with E-state index in [9.17, 15) is 4.79 Å². The van der Waals surface area contributed by atoms with Gasteiger partial charge in [-0.3, -0.25) is 9.69 Å². The maximum Gasteiger partial charge on any atom is 0.153 e. The minimum Gasteiger partial charge on any atom is -0.493 e. The van der Waals surface area contributed by atoms with E-state index in [1.54, 1.807) is 0 Å². The van der Waals surface area contributed by atoms with E-state index in [0.717, 1.165) is 31.6 Å². The van der Waals surface area contributed by atoms with E-state index < -0.39 is 0 Å². The lowest BCUT2D eigenvalue weighted by atomic mass is 9.88. The summed E-state index contributed by atoms with van der Waals surface area (Å²) in [6.07, 6.45) is 3.25. The Bertz CT molecular complexity index is 496. The van der Waals surface area contributed by atoms with Crippen LogP contribution >= 0.6 is 0 Å². The Labute approximate surface area is 121 Å². The average molecular weight is 275 g/mol. The zero-order valence-corrected chi connectivity index (χ0v) is 13.0. The second-order valence-corrected chi connectivity index (χ2v) is 5.99. The maximum absolute atomic E-state index is 12.5. The van der Waals surface area contributed by atoms with Crippen LogP contribution in [0.15, 0.2) is 18.2 Å². The predicted molar refractivity (Wildman–Crippen MR) is 81.4 cm³/mol. The third-order valence-corrected chi connectivity index (χ3v) is 4.67. The fraction of sp³-hybridized carbons (Fsp3) is 0.588. The van der Waals surface area contributed by atoms with Crippen molar-refractivity contribution in [3.63, 3.8) is 0 Å². The van der Waals surface area contributed by atoms with Gasteiger partial charge < -0.3 is 4.74 Å². The quantitative estimate of drug-likeness (QED) is 0.799. The zero-order valence-electron chi connectivity index (χ0n) is 13.0. The first-order valence-corrected chi connectivity index (χ1v) is 7.42. The van der Waals surface area contributed by atoms with Gasteiger partial charge in [0.1, 0.15) is 5.75 Å². The Morgan fingerprint density at radius 1 is 1.40 bits per heavy atom. The number of nitrogens with zero attached hydrogens (tertiary/aromatic N) is 1. The number of ketones is 1. The van der Waals surface area contributed by atoms with Crippen molar-refractivity contribution in [1.29, 1.82) is 0 Å². The summed E-state index contributed by atoms with van der Waals surface area (Å²) in [5.74, 6) is 1.33. The highest BCUT2D eigenvalue weighted by Gasteiger charge is 2.32. The van der Waals surface area contributed by atoms with Crippen LogP contribution in [0.2, 0.25) is 0 Å². The van der Waals surface area contributed by atoms with Crippen molar-refractivity contribution in [3.05, 3.63) is 29.3 Å². The number of rotatable bonds is 6. The molecule has 0 spiro atoms. The monoisotopic (exact) mass is 275 g/mol. The SMILES string of the molecule is CCC(C)(C(=O)CCc1ccc2c(c1)CCO2)N(C)C. The minimum atomic E-state index is -0.347. The highest BCUT2D eigenvalue weighted by Crippen LogP contribution is 2.27. The Hall–Kier alpha value is -1.35. The summed E-state index contributed by atoms with van der Waals surface area (Å²) in [6.45, 7) is 4.89. The molecule has 3 nitrogen and oxygen atoms in total. The lowest BCUT2D eigenvalue weighted by Crippen LogP contribution is -2.48. The van der Waals surface area contributed by atoms with E-state index in [1.807, 2.05) is 32.0 Å². The summed E-state index contributed by atoms with van der Waals surface area (Å²) in [5.41, 5.74) is 2.17. The van der Waals surface area contributed by atoms with Crippen LogP contribution in [0.5, 0.6) is 5.75 Å². The van der Waals surface area contributed by atoms with Crippen LogP contribution < -0.4 is 4.74 Å². The summed E-state index contributed by atoms with van der Waals surface area (Å²) >= 11 is 0. The summed E-state index contributed by atoms with van der Waals surface area (Å²) in [6, 6.07) is 6.30. The van der Waals surface area contributed by atoms with E-state index in [1.165, 1.54) is 11.1 Å². The fourth-order valence-corrected chi connectivity index (χ4v) is 2.69. The molecule has 20 heavy (non-hydrogen) atoms. The van der Waals surface area contributed by atoms with Crippen molar-refractivity contribution in [2.45, 2.75) is 45.1 Å². The number of benzene rings is 1. The first kappa shape index (κ1) is 15.0. The Balaban J connectivity index is 2.00. The van der Waals surface area contributed by atoms with Gasteiger partial charge in [-0.05, 0) is 51.1 Å². The summed E-state index contributed by atoms with van der Waals surface area (Å²) in [5, 5.41) is 0. The smallest absolute Gasteiger partial charge is 0.153 e. The lowest BCUT2D eigenvalue weighted by Gasteiger charge is -2.34. The van der Waals surface area contributed by atoms with Crippen molar-refractivity contribution < 1.29 is 9.53 Å². The molecular weight excluding hydrogens is 250 g/mol. The number of carbonyl (C=O) groups is 1. The average Bonchev–Trinajstić information content (AvgIpc) is 2.90. The molecule has 110 valence electrons. The highest BCUT2D eigenvalue weighted by atomic mass is 16.5. The van der Waals surface area contributed by atoms with Crippen LogP contribution in [0.1, 0.15) is 37.8 Å². The predicted octanol–water partition coefficient (Wildman–Crippen LogP) is 2.85. The second-order valence-electron chi connectivity index (χ2n) is 5.99. The van der Waals surface area contributed by atoms with Crippen molar-refractivity contribution >= 4 is 5.78 Å². The fourth-order valence-electron chi connectivity index (χ4n) is 2.69. The molecule has 1 unspecified atom stereocenters. The number of hydrogen-bond acceptors (Lipinski definition) is 3. The van der Waals surface area contributed by atoms with Gasteiger partial charge in [-0.25, -0.2) is 0 Å². The number of aryl methyl sites for hydroxylation is 1. The molecule has 1 aliphatic rings. The number of fused-ring (bicyclic) bond motifs is 1. The Kier molecular flexibility index (Phi) is 4.48. The standard InChI is InChI=1S/C17H25NO2/c1-5-17(2,18(3)4)16(19)9-7-13-6-8-15-14(12-13)10-11-20-15/h6,8,12H,5,7,9-11H2,1-4H3. The number of likely N-dealkylation sites (N-methyl/N-ethyl adjacent to an activating group) is 1. The first-order valence-electron chi connectivity index (χ1n) is 7.42. The molecule has 0 saturated carbocycles. The van der Waals surface area contributed by atoms with Gasteiger partial charge in [-0.2, -0.15) is 0 Å². The van der Waals surface area contributed by atoms with E-state index in [2.05, 4.69) is 19.1 Å². The first-order chi connectivity index (χ1) is 9.47. The molecule has 0 radical (unpaired) electrons. The third-order valence-electron chi connectivity index (χ3n) is 4.67. The van der Waals surface area contributed by atoms with E-state index in [-0.39, 0.29) is 5.54 Å². The molecule has 0 saturated heterocycles. The molecule has 0 N–H and O–H groups in total. The van der Waals surface area contributed by atoms with Crippen LogP contribution in [0.25, 0.3) is 0 Å². The molecule has 3 heteroatoms. The van der Waals surface area contributed by atoms with Crippen LogP contribution in [-0.2, 0) is 17.6 Å². The normalized spacial score (nSPS) is 16.6. The van der Waals surface area contributed by atoms with Gasteiger partial charge in [0, 0.05) is 12.8 Å². The van der Waals surface area contributed by atoms with Gasteiger partial charge in [-0.15, -0.1) is 0 Å². The van der Waals surface area contributed by atoms with E-state index in [4.69, 9.17) is 4.74 Å². The summed E-state index contributed by atoms with van der Waals surface area (Å²) < 4.78 is 5.51. The maximum atomic E-state index is 12.5. The molecule has 0 fully saturated rings. The van der Waals surface area contributed by atoms with Gasteiger partial charge in [0.05, 0.1) is 12.1 Å².